The van der Waals surface area contributed by atoms with Crippen LogP contribution in [-0.2, 0) is 6.54 Å². The normalized spacial score (nSPS) is 18.4. The lowest BCUT2D eigenvalue weighted by molar-refractivity contribution is 0.253. The Kier molecular flexibility index (Phi) is 5.44. The molecular weight excluding hydrogens is 453 g/mol. The van der Waals surface area contributed by atoms with Gasteiger partial charge in [0.25, 0.3) is 0 Å². The van der Waals surface area contributed by atoms with E-state index in [2.05, 4.69) is 15.2 Å². The zero-order chi connectivity index (χ0) is 21.4. The number of nitrogens with zero attached hydrogens (tertiary/aromatic N) is 2. The van der Waals surface area contributed by atoms with Crippen LogP contribution in [0.15, 0.2) is 82.0 Å². The zero-order valence-electron chi connectivity index (χ0n) is 16.2. The average molecular weight is 470 g/mol. The minimum Gasteiger partial charge on any atom is -0.467 e. The summed E-state index contributed by atoms with van der Waals surface area (Å²) < 4.78 is 11.9. The predicted octanol–water partition coefficient (Wildman–Crippen LogP) is 6.41. The number of thiocarbonyl (C=S) groups is 1. The number of hydrogen-bond donors (Lipinski definition) is 1. The van der Waals surface area contributed by atoms with Gasteiger partial charge in [-0.3, -0.25) is 4.98 Å². The van der Waals surface area contributed by atoms with Crippen molar-refractivity contribution in [3.8, 4) is 11.3 Å². The highest BCUT2D eigenvalue weighted by molar-refractivity contribution is 7.80. The van der Waals surface area contributed by atoms with E-state index in [4.69, 9.17) is 44.3 Å². The van der Waals surface area contributed by atoms with Crippen LogP contribution in [0.25, 0.3) is 11.3 Å². The molecule has 1 aliphatic heterocycles. The van der Waals surface area contributed by atoms with E-state index in [-0.39, 0.29) is 12.1 Å². The van der Waals surface area contributed by atoms with Gasteiger partial charge in [-0.05, 0) is 66.8 Å². The molecule has 0 aliphatic carbocycles. The number of nitrogens with one attached hydrogen (secondary N) is 1. The summed E-state index contributed by atoms with van der Waals surface area (Å²) >= 11 is 18.1. The maximum absolute atomic E-state index is 6.39. The molecule has 4 heterocycles. The molecule has 0 unspecified atom stereocenters. The molecule has 156 valence electrons. The number of hydrogen-bond acceptors (Lipinski definition) is 4. The van der Waals surface area contributed by atoms with Gasteiger partial charge in [0.15, 0.2) is 5.11 Å². The van der Waals surface area contributed by atoms with Crippen molar-refractivity contribution in [1.82, 2.24) is 15.2 Å². The van der Waals surface area contributed by atoms with Crippen LogP contribution in [0.1, 0.15) is 29.3 Å². The monoisotopic (exact) mass is 469 g/mol. The molecule has 1 aliphatic rings. The van der Waals surface area contributed by atoms with E-state index in [1.165, 1.54) is 0 Å². The number of rotatable bonds is 5. The van der Waals surface area contributed by atoms with E-state index in [0.717, 1.165) is 22.8 Å². The smallest absolute Gasteiger partial charge is 0.170 e. The highest BCUT2D eigenvalue weighted by Crippen LogP contribution is 2.42. The first-order valence-electron chi connectivity index (χ1n) is 9.66. The van der Waals surface area contributed by atoms with Crippen LogP contribution >= 0.6 is 35.4 Å². The Bertz CT molecular complexity index is 1210. The van der Waals surface area contributed by atoms with Crippen molar-refractivity contribution in [2.24, 2.45) is 0 Å². The molecule has 1 N–H and O–H groups in total. The van der Waals surface area contributed by atoms with Crippen LogP contribution in [-0.4, -0.2) is 15.0 Å². The number of pyridine rings is 1. The molecule has 0 bridgehead atoms. The van der Waals surface area contributed by atoms with Gasteiger partial charge < -0.3 is 19.1 Å². The van der Waals surface area contributed by atoms with Crippen molar-refractivity contribution in [2.45, 2.75) is 18.6 Å². The van der Waals surface area contributed by atoms with E-state index < -0.39 is 0 Å². The molecule has 5 nitrogen and oxygen atoms in total. The lowest BCUT2D eigenvalue weighted by Crippen LogP contribution is -2.28. The molecule has 4 aromatic rings. The second-order valence-corrected chi connectivity index (χ2v) is 8.39. The average Bonchev–Trinajstić information content (AvgIpc) is 3.51. The van der Waals surface area contributed by atoms with Crippen LogP contribution in [0.3, 0.4) is 0 Å². The minimum absolute atomic E-state index is 0.177. The largest absolute Gasteiger partial charge is 0.467 e. The second-order valence-electron chi connectivity index (χ2n) is 7.16. The molecule has 3 aromatic heterocycles. The van der Waals surface area contributed by atoms with Crippen molar-refractivity contribution in [1.29, 1.82) is 0 Å². The van der Waals surface area contributed by atoms with Gasteiger partial charge in [0.1, 0.15) is 23.3 Å². The third kappa shape index (κ3) is 3.94. The molecule has 8 heteroatoms. The van der Waals surface area contributed by atoms with Gasteiger partial charge in [-0.2, -0.15) is 0 Å². The number of benzene rings is 1. The topological polar surface area (TPSA) is 54.4 Å². The molecule has 1 saturated heterocycles. The van der Waals surface area contributed by atoms with Crippen LogP contribution in [0.2, 0.25) is 10.0 Å². The molecule has 1 fully saturated rings. The van der Waals surface area contributed by atoms with E-state index in [1.807, 2.05) is 48.5 Å². The Morgan fingerprint density at radius 2 is 1.97 bits per heavy atom. The summed E-state index contributed by atoms with van der Waals surface area (Å²) in [7, 11) is 0. The van der Waals surface area contributed by atoms with E-state index in [0.29, 0.717) is 27.5 Å². The molecule has 1 aromatic carbocycles. The Morgan fingerprint density at radius 3 is 2.71 bits per heavy atom. The summed E-state index contributed by atoms with van der Waals surface area (Å²) in [5.41, 5.74) is 1.65. The SMILES string of the molecule is S=C1N[C@@H](c2ccccn2)[C@H](c2ccc(-c3ccc(Cl)cc3Cl)o2)N1Cc1ccco1. The van der Waals surface area contributed by atoms with Crippen LogP contribution in [0.5, 0.6) is 0 Å². The summed E-state index contributed by atoms with van der Waals surface area (Å²) in [4.78, 5) is 6.60. The van der Waals surface area contributed by atoms with E-state index in [1.54, 1.807) is 24.6 Å². The second kappa shape index (κ2) is 8.38. The third-order valence-corrected chi connectivity index (χ3v) is 6.12. The first-order valence-corrected chi connectivity index (χ1v) is 10.8. The highest BCUT2D eigenvalue weighted by Gasteiger charge is 2.42. The molecule has 31 heavy (non-hydrogen) atoms. The minimum atomic E-state index is -0.215. The van der Waals surface area contributed by atoms with Crippen molar-refractivity contribution < 1.29 is 8.83 Å². The number of furan rings is 2. The summed E-state index contributed by atoms with van der Waals surface area (Å²) in [6.45, 7) is 0.505. The van der Waals surface area contributed by atoms with Gasteiger partial charge in [0.05, 0.1) is 29.6 Å². The Morgan fingerprint density at radius 1 is 1.06 bits per heavy atom. The van der Waals surface area contributed by atoms with E-state index in [9.17, 15) is 0 Å². The van der Waals surface area contributed by atoms with Crippen molar-refractivity contribution >= 4 is 40.5 Å². The van der Waals surface area contributed by atoms with Crippen LogP contribution < -0.4 is 5.32 Å². The maximum atomic E-state index is 6.39. The molecule has 0 amide bonds. The molecule has 0 radical (unpaired) electrons. The van der Waals surface area contributed by atoms with Crippen LogP contribution in [0.4, 0.5) is 0 Å². The number of aromatic nitrogens is 1. The molecular formula is C23H17Cl2N3O2S. The standard InChI is InChI=1S/C23H17Cl2N3O2S/c24-14-6-7-16(17(25)12-14)19-8-9-20(30-19)22-21(18-5-1-2-10-26-18)27-23(31)28(22)13-15-4-3-11-29-15/h1-12,21-22H,13H2,(H,27,31)/t21-,22-/m0/s1. The maximum Gasteiger partial charge on any atom is 0.170 e. The van der Waals surface area contributed by atoms with Gasteiger partial charge in [0.2, 0.25) is 0 Å². The van der Waals surface area contributed by atoms with Crippen molar-refractivity contribution in [3.05, 3.63) is 100 Å². The van der Waals surface area contributed by atoms with Gasteiger partial charge in [0, 0.05) is 16.8 Å². The Hall–Kier alpha value is -2.80. The third-order valence-electron chi connectivity index (χ3n) is 5.22. The lowest BCUT2D eigenvalue weighted by atomic mass is 10.0. The molecule has 0 spiro atoms. The van der Waals surface area contributed by atoms with E-state index >= 15 is 0 Å². The highest BCUT2D eigenvalue weighted by atomic mass is 35.5. The van der Waals surface area contributed by atoms with Crippen LogP contribution in [0, 0.1) is 0 Å². The summed E-state index contributed by atoms with van der Waals surface area (Å²) in [5.74, 6) is 2.21. The van der Waals surface area contributed by atoms with Gasteiger partial charge in [-0.1, -0.05) is 29.3 Å². The first-order chi connectivity index (χ1) is 15.1. The fourth-order valence-electron chi connectivity index (χ4n) is 3.80. The predicted molar refractivity (Wildman–Crippen MR) is 124 cm³/mol. The zero-order valence-corrected chi connectivity index (χ0v) is 18.5. The summed E-state index contributed by atoms with van der Waals surface area (Å²) in [6, 6.07) is 18.4. The Labute approximate surface area is 194 Å². The summed E-state index contributed by atoms with van der Waals surface area (Å²) in [5, 5.41) is 5.11. The van der Waals surface area contributed by atoms with Gasteiger partial charge in [-0.25, -0.2) is 0 Å². The molecule has 2 atom stereocenters. The quantitative estimate of drug-likeness (QED) is 0.340. The van der Waals surface area contributed by atoms with Gasteiger partial charge >= 0.3 is 0 Å². The van der Waals surface area contributed by atoms with Gasteiger partial charge in [-0.15, -0.1) is 0 Å². The first kappa shape index (κ1) is 20.1. The Balaban J connectivity index is 1.55. The lowest BCUT2D eigenvalue weighted by Gasteiger charge is -2.25. The molecule has 5 rings (SSSR count). The number of halogens is 2. The fraction of sp³-hybridized carbons (Fsp3) is 0.130. The summed E-state index contributed by atoms with van der Waals surface area (Å²) in [6.07, 6.45) is 3.42. The fourth-order valence-corrected chi connectivity index (χ4v) is 4.61. The van der Waals surface area contributed by atoms with Crippen molar-refractivity contribution in [3.63, 3.8) is 0 Å². The van der Waals surface area contributed by atoms with Crippen molar-refractivity contribution in [2.75, 3.05) is 0 Å². The molecule has 0 saturated carbocycles.